The largest absolute Gasteiger partial charge is 0.497 e. The first-order valence-electron chi connectivity index (χ1n) is 9.01. The lowest BCUT2D eigenvalue weighted by Gasteiger charge is -2.24. The van der Waals surface area contributed by atoms with Crippen molar-refractivity contribution in [2.24, 2.45) is 7.05 Å². The molecule has 0 unspecified atom stereocenters. The second kappa shape index (κ2) is 6.83. The molecule has 134 valence electrons. The van der Waals surface area contributed by atoms with Gasteiger partial charge in [-0.1, -0.05) is 24.3 Å². The van der Waals surface area contributed by atoms with Gasteiger partial charge in [-0.15, -0.1) is 0 Å². The summed E-state index contributed by atoms with van der Waals surface area (Å²) < 4.78 is 7.31. The highest BCUT2D eigenvalue weighted by Gasteiger charge is 2.33. The average molecular weight is 349 g/mol. The highest BCUT2D eigenvalue weighted by atomic mass is 16.5. The molecule has 1 aliphatic heterocycles. The van der Waals surface area contributed by atoms with E-state index in [1.165, 1.54) is 0 Å². The number of benzene rings is 2. The fraction of sp³-hybridized carbons (Fsp3) is 0.333. The number of hydrogen-bond donors (Lipinski definition) is 0. The predicted molar refractivity (Wildman–Crippen MR) is 101 cm³/mol. The third-order valence-corrected chi connectivity index (χ3v) is 5.21. The number of carbonyl (C=O) groups is 1. The molecule has 4 rings (SSSR count). The molecule has 1 aromatic heterocycles. The molecule has 5 nitrogen and oxygen atoms in total. The van der Waals surface area contributed by atoms with Crippen molar-refractivity contribution in [2.45, 2.75) is 25.3 Å². The number of nitrogens with zero attached hydrogens (tertiary/aromatic N) is 3. The van der Waals surface area contributed by atoms with E-state index in [-0.39, 0.29) is 11.9 Å². The van der Waals surface area contributed by atoms with Crippen LogP contribution in [0.4, 0.5) is 0 Å². The summed E-state index contributed by atoms with van der Waals surface area (Å²) in [4.78, 5) is 19.7. The van der Waals surface area contributed by atoms with Crippen LogP contribution in [-0.4, -0.2) is 34.0 Å². The molecule has 0 aliphatic carbocycles. The van der Waals surface area contributed by atoms with Crippen LogP contribution in [0, 0.1) is 0 Å². The summed E-state index contributed by atoms with van der Waals surface area (Å²) in [5, 5.41) is 0. The lowest BCUT2D eigenvalue weighted by Crippen LogP contribution is -2.33. The molecule has 1 aliphatic rings. The number of likely N-dealkylation sites (tertiary alicyclic amines) is 1. The third kappa shape index (κ3) is 2.94. The topological polar surface area (TPSA) is 47.4 Å². The zero-order chi connectivity index (χ0) is 18.1. The minimum Gasteiger partial charge on any atom is -0.497 e. The molecule has 0 radical (unpaired) electrons. The summed E-state index contributed by atoms with van der Waals surface area (Å²) in [5.74, 6) is 1.94. The number of rotatable bonds is 4. The summed E-state index contributed by atoms with van der Waals surface area (Å²) in [6.07, 6.45) is 2.39. The normalized spacial score (nSPS) is 17.0. The Bertz CT molecular complexity index is 930. The maximum absolute atomic E-state index is 12.9. The van der Waals surface area contributed by atoms with Gasteiger partial charge in [-0.3, -0.25) is 4.79 Å². The summed E-state index contributed by atoms with van der Waals surface area (Å²) in [6, 6.07) is 15.9. The van der Waals surface area contributed by atoms with E-state index in [2.05, 4.69) is 10.6 Å². The van der Waals surface area contributed by atoms with Crippen molar-refractivity contribution in [3.05, 3.63) is 59.9 Å². The molecule has 3 aromatic rings. The molecule has 0 N–H and O–H groups in total. The number of aryl methyl sites for hydroxylation is 1. The second-order valence-electron chi connectivity index (χ2n) is 6.79. The van der Waals surface area contributed by atoms with Crippen molar-refractivity contribution < 1.29 is 9.53 Å². The number of imidazole rings is 1. The number of ether oxygens (including phenoxy) is 1. The van der Waals surface area contributed by atoms with Crippen molar-refractivity contribution >= 4 is 16.9 Å². The minimum absolute atomic E-state index is 0.0538. The number of fused-ring (bicyclic) bond motifs is 1. The molecule has 1 saturated heterocycles. The Hall–Kier alpha value is -2.82. The van der Waals surface area contributed by atoms with Crippen LogP contribution in [0.15, 0.2) is 48.5 Å². The first kappa shape index (κ1) is 16.6. The zero-order valence-corrected chi connectivity index (χ0v) is 15.2. The maximum Gasteiger partial charge on any atom is 0.227 e. The van der Waals surface area contributed by atoms with Crippen molar-refractivity contribution in [1.29, 1.82) is 0 Å². The monoisotopic (exact) mass is 349 g/mol. The van der Waals surface area contributed by atoms with E-state index in [1.54, 1.807) is 7.11 Å². The van der Waals surface area contributed by atoms with E-state index in [0.717, 1.165) is 47.6 Å². The molecule has 1 fully saturated rings. The Kier molecular flexibility index (Phi) is 4.37. The Labute approximate surface area is 153 Å². The molecule has 26 heavy (non-hydrogen) atoms. The Balaban J connectivity index is 1.57. The van der Waals surface area contributed by atoms with Crippen LogP contribution in [0.25, 0.3) is 11.0 Å². The summed E-state index contributed by atoms with van der Waals surface area (Å²) in [7, 11) is 3.68. The molecule has 5 heteroatoms. The van der Waals surface area contributed by atoms with E-state index in [0.29, 0.717) is 6.42 Å². The fourth-order valence-corrected chi connectivity index (χ4v) is 3.82. The van der Waals surface area contributed by atoms with Gasteiger partial charge in [0.15, 0.2) is 0 Å². The number of hydrogen-bond acceptors (Lipinski definition) is 3. The van der Waals surface area contributed by atoms with E-state index < -0.39 is 0 Å². The van der Waals surface area contributed by atoms with Gasteiger partial charge in [0, 0.05) is 13.6 Å². The van der Waals surface area contributed by atoms with E-state index >= 15 is 0 Å². The first-order chi connectivity index (χ1) is 12.7. The molecule has 2 heterocycles. The lowest BCUT2D eigenvalue weighted by molar-refractivity contribution is -0.131. The summed E-state index contributed by atoms with van der Waals surface area (Å²) in [6.45, 7) is 0.795. The molecular weight excluding hydrogens is 326 g/mol. The highest BCUT2D eigenvalue weighted by Crippen LogP contribution is 2.33. The number of aromatic nitrogens is 2. The van der Waals surface area contributed by atoms with Gasteiger partial charge >= 0.3 is 0 Å². The Morgan fingerprint density at radius 1 is 1.19 bits per heavy atom. The smallest absolute Gasteiger partial charge is 0.227 e. The van der Waals surface area contributed by atoms with Crippen LogP contribution >= 0.6 is 0 Å². The van der Waals surface area contributed by atoms with E-state index in [4.69, 9.17) is 9.72 Å². The molecule has 1 atom stereocenters. The molecule has 0 spiro atoms. The van der Waals surface area contributed by atoms with E-state index in [1.807, 2.05) is 54.4 Å². The van der Waals surface area contributed by atoms with Crippen LogP contribution in [0.1, 0.15) is 30.3 Å². The van der Waals surface area contributed by atoms with Crippen LogP contribution in [0.3, 0.4) is 0 Å². The van der Waals surface area contributed by atoms with Crippen LogP contribution in [0.2, 0.25) is 0 Å². The molecule has 0 bridgehead atoms. The molecule has 0 saturated carbocycles. The summed E-state index contributed by atoms with van der Waals surface area (Å²) >= 11 is 0. The van der Waals surface area contributed by atoms with Crippen LogP contribution in [-0.2, 0) is 18.3 Å². The third-order valence-electron chi connectivity index (χ3n) is 5.21. The van der Waals surface area contributed by atoms with Gasteiger partial charge in [-0.2, -0.15) is 0 Å². The van der Waals surface area contributed by atoms with Gasteiger partial charge in [0.05, 0.1) is 30.6 Å². The maximum atomic E-state index is 12.9. The zero-order valence-electron chi connectivity index (χ0n) is 15.2. The van der Waals surface area contributed by atoms with Gasteiger partial charge in [0.2, 0.25) is 5.91 Å². The van der Waals surface area contributed by atoms with Crippen molar-refractivity contribution in [2.75, 3.05) is 13.7 Å². The minimum atomic E-state index is 0.0538. The van der Waals surface area contributed by atoms with Crippen LogP contribution in [0.5, 0.6) is 5.75 Å². The van der Waals surface area contributed by atoms with Crippen molar-refractivity contribution in [3.8, 4) is 5.75 Å². The standard InChI is InChI=1S/C21H23N3O2/c1-23-18-7-4-3-6-17(18)22-21(23)19-8-5-13-24(19)20(25)14-15-9-11-16(26-2)12-10-15/h3-4,6-7,9-12,19H,5,8,13-14H2,1-2H3/t19-/m1/s1. The molecule has 1 amide bonds. The molecule has 2 aromatic carbocycles. The van der Waals surface area contributed by atoms with Gasteiger partial charge in [0.1, 0.15) is 11.6 Å². The molecular formula is C21H23N3O2. The van der Waals surface area contributed by atoms with Crippen molar-refractivity contribution in [3.63, 3.8) is 0 Å². The van der Waals surface area contributed by atoms with Gasteiger partial charge < -0.3 is 14.2 Å². The number of para-hydroxylation sites is 2. The fourth-order valence-electron chi connectivity index (χ4n) is 3.82. The van der Waals surface area contributed by atoms with E-state index in [9.17, 15) is 4.79 Å². The van der Waals surface area contributed by atoms with Gasteiger partial charge in [-0.25, -0.2) is 4.98 Å². The number of carbonyl (C=O) groups excluding carboxylic acids is 1. The van der Waals surface area contributed by atoms with Crippen molar-refractivity contribution in [1.82, 2.24) is 14.5 Å². The highest BCUT2D eigenvalue weighted by molar-refractivity contribution is 5.80. The SMILES string of the molecule is COc1ccc(CC(=O)N2CCC[C@@H]2c2nc3ccccc3n2C)cc1. The Morgan fingerprint density at radius 2 is 1.96 bits per heavy atom. The van der Waals surface area contributed by atoms with Gasteiger partial charge in [0.25, 0.3) is 0 Å². The second-order valence-corrected chi connectivity index (χ2v) is 6.79. The van der Waals surface area contributed by atoms with Crippen LogP contribution < -0.4 is 4.74 Å². The summed E-state index contributed by atoms with van der Waals surface area (Å²) in [5.41, 5.74) is 3.10. The average Bonchev–Trinajstić information content (AvgIpc) is 3.27. The predicted octanol–water partition coefficient (Wildman–Crippen LogP) is 3.49. The Morgan fingerprint density at radius 3 is 2.69 bits per heavy atom. The first-order valence-corrected chi connectivity index (χ1v) is 9.01. The number of amides is 1. The van der Waals surface area contributed by atoms with Gasteiger partial charge in [-0.05, 0) is 42.7 Å². The number of methoxy groups -OCH3 is 1. The lowest BCUT2D eigenvalue weighted by atomic mass is 10.1. The quantitative estimate of drug-likeness (QED) is 0.724.